The summed E-state index contributed by atoms with van der Waals surface area (Å²) in [7, 11) is 1.84. The quantitative estimate of drug-likeness (QED) is 0.423. The van der Waals surface area contributed by atoms with Crippen LogP contribution in [-0.4, -0.2) is 43.3 Å². The van der Waals surface area contributed by atoms with Crippen molar-refractivity contribution in [2.45, 2.75) is 99.3 Å². The number of hydrogen-bond donors (Lipinski definition) is 1. The first-order chi connectivity index (χ1) is 15.6. The number of fused-ring (bicyclic) bond motifs is 1. The van der Waals surface area contributed by atoms with E-state index >= 15 is 0 Å². The number of nitrogens with zero attached hydrogens (tertiary/aromatic N) is 1. The lowest BCUT2D eigenvalue weighted by Crippen LogP contribution is -2.24. The second-order valence-electron chi connectivity index (χ2n) is 8.69. The molecule has 5 heteroatoms. The van der Waals surface area contributed by atoms with Crippen molar-refractivity contribution in [2.24, 2.45) is 0 Å². The summed E-state index contributed by atoms with van der Waals surface area (Å²) in [6.07, 6.45) is 13.0. The molecule has 0 radical (unpaired) electrons. The topological polar surface area (TPSA) is 32.3 Å². The third kappa shape index (κ3) is 12.3. The van der Waals surface area contributed by atoms with Gasteiger partial charge in [0.2, 0.25) is 5.92 Å². The molecule has 3 aliphatic rings. The first kappa shape index (κ1) is 31.2. The van der Waals surface area contributed by atoms with Crippen LogP contribution in [0.15, 0.2) is 46.2 Å². The molecule has 0 aromatic rings. The fourth-order valence-corrected chi connectivity index (χ4v) is 3.79. The lowest BCUT2D eigenvalue weighted by Gasteiger charge is -2.19. The summed E-state index contributed by atoms with van der Waals surface area (Å²) in [5, 5.41) is 3.29. The zero-order valence-corrected chi connectivity index (χ0v) is 22.4. The van der Waals surface area contributed by atoms with Crippen molar-refractivity contribution in [3.05, 3.63) is 46.2 Å². The Morgan fingerprint density at radius 3 is 2.21 bits per heavy atom. The number of carbonyl (C=O) groups excluding carboxylic acids is 1. The Morgan fingerprint density at radius 1 is 1.12 bits per heavy atom. The van der Waals surface area contributed by atoms with Crippen LogP contribution in [0.25, 0.3) is 0 Å². The third-order valence-electron chi connectivity index (χ3n) is 5.72. The standard InChI is InChI=1S/C14H17NO.C7H15F2N.C5H10.C2H6/c1-9-6-12-10-4-2-3-5-11(10)14(16)8-15-13(12)7-9;1-4-10(3)6-5-7(2,8)9;1-3-5-4-2;1-2/h7,15H,2-6,8H2,1H3;4-6H2,1-3H3;3,5H,4H2,1-2H3;1-2H3/b;;5-3-;. The number of allylic oxidation sites excluding steroid dienone is 6. The summed E-state index contributed by atoms with van der Waals surface area (Å²) in [5.74, 6) is -2.20. The number of alkyl halides is 2. The molecule has 1 aliphatic heterocycles. The maximum absolute atomic E-state index is 12.2. The highest BCUT2D eigenvalue weighted by molar-refractivity contribution is 5.99. The van der Waals surface area contributed by atoms with E-state index in [1.165, 1.54) is 35.3 Å². The molecule has 0 aromatic carbocycles. The smallest absolute Gasteiger partial charge is 0.246 e. The Balaban J connectivity index is 0.000000520. The van der Waals surface area contributed by atoms with E-state index in [9.17, 15) is 13.6 Å². The molecule has 0 saturated heterocycles. The van der Waals surface area contributed by atoms with Crippen LogP contribution < -0.4 is 5.32 Å². The minimum atomic E-state index is -2.51. The van der Waals surface area contributed by atoms with Gasteiger partial charge < -0.3 is 10.2 Å². The van der Waals surface area contributed by atoms with Crippen LogP contribution in [0.2, 0.25) is 0 Å². The third-order valence-corrected chi connectivity index (χ3v) is 5.72. The predicted molar refractivity (Wildman–Crippen MR) is 139 cm³/mol. The molecule has 33 heavy (non-hydrogen) atoms. The summed E-state index contributed by atoms with van der Waals surface area (Å²) < 4.78 is 24.4. The summed E-state index contributed by atoms with van der Waals surface area (Å²) in [5.41, 5.74) is 6.50. The number of ketones is 1. The molecule has 0 fully saturated rings. The van der Waals surface area contributed by atoms with Gasteiger partial charge in [0.1, 0.15) is 0 Å². The normalized spacial score (nSPS) is 17.5. The molecular weight excluding hydrogens is 418 g/mol. The average molecular weight is 467 g/mol. The van der Waals surface area contributed by atoms with Gasteiger partial charge in [0.05, 0.1) is 6.54 Å². The molecule has 2 aliphatic carbocycles. The Morgan fingerprint density at radius 2 is 1.73 bits per heavy atom. The van der Waals surface area contributed by atoms with Gasteiger partial charge in [-0.15, -0.1) is 0 Å². The predicted octanol–water partition coefficient (Wildman–Crippen LogP) is 7.62. The lowest BCUT2D eigenvalue weighted by molar-refractivity contribution is -0.114. The van der Waals surface area contributed by atoms with Gasteiger partial charge in [-0.3, -0.25) is 4.79 Å². The van der Waals surface area contributed by atoms with E-state index in [0.717, 1.165) is 44.7 Å². The molecule has 0 atom stereocenters. The molecule has 0 aromatic heterocycles. The average Bonchev–Trinajstić information content (AvgIpc) is 3.12. The van der Waals surface area contributed by atoms with Crippen LogP contribution in [0.5, 0.6) is 0 Å². The first-order valence-corrected chi connectivity index (χ1v) is 12.7. The molecule has 0 unspecified atom stereocenters. The van der Waals surface area contributed by atoms with Gasteiger partial charge in [-0.05, 0) is 90.1 Å². The van der Waals surface area contributed by atoms with E-state index in [0.29, 0.717) is 18.9 Å². The zero-order valence-electron chi connectivity index (χ0n) is 22.4. The van der Waals surface area contributed by atoms with Gasteiger partial charge in [-0.25, -0.2) is 8.78 Å². The number of nitrogens with one attached hydrogen (secondary N) is 1. The van der Waals surface area contributed by atoms with Crippen molar-refractivity contribution in [3.8, 4) is 0 Å². The molecule has 0 saturated carbocycles. The minimum Gasteiger partial charge on any atom is -0.377 e. The summed E-state index contributed by atoms with van der Waals surface area (Å²) in [4.78, 5) is 13.9. The van der Waals surface area contributed by atoms with Gasteiger partial charge in [0, 0.05) is 24.2 Å². The molecule has 1 heterocycles. The van der Waals surface area contributed by atoms with Gasteiger partial charge in [0.25, 0.3) is 0 Å². The van der Waals surface area contributed by atoms with E-state index in [2.05, 4.69) is 37.4 Å². The molecule has 0 spiro atoms. The fourth-order valence-electron chi connectivity index (χ4n) is 3.79. The van der Waals surface area contributed by atoms with Gasteiger partial charge in [0.15, 0.2) is 5.78 Å². The molecule has 3 nitrogen and oxygen atoms in total. The SMILES string of the molecule is C/C=C\CC.CC.CC1=CC2=C(C1)C1=C(CCCC1)C(=O)CN2.CCN(C)CCC(C)(F)F. The number of halogens is 2. The van der Waals surface area contributed by atoms with Crippen molar-refractivity contribution in [1.29, 1.82) is 0 Å². The van der Waals surface area contributed by atoms with Crippen LogP contribution in [-0.2, 0) is 4.79 Å². The zero-order chi connectivity index (χ0) is 25.4. The Bertz CT molecular complexity index is 712. The van der Waals surface area contributed by atoms with Crippen LogP contribution in [0.4, 0.5) is 8.78 Å². The highest BCUT2D eigenvalue weighted by Gasteiger charge is 2.28. The highest BCUT2D eigenvalue weighted by Crippen LogP contribution is 2.38. The van der Waals surface area contributed by atoms with Crippen LogP contribution in [0, 0.1) is 0 Å². The molecule has 3 rings (SSSR count). The minimum absolute atomic E-state index is 0.0443. The van der Waals surface area contributed by atoms with Crippen LogP contribution in [0.1, 0.15) is 93.4 Å². The summed E-state index contributed by atoms with van der Waals surface area (Å²) in [6, 6.07) is 0. The first-order valence-electron chi connectivity index (χ1n) is 12.7. The highest BCUT2D eigenvalue weighted by atomic mass is 19.3. The van der Waals surface area contributed by atoms with Crippen molar-refractivity contribution < 1.29 is 13.6 Å². The summed E-state index contributed by atoms with van der Waals surface area (Å²) >= 11 is 0. The molecule has 190 valence electrons. The van der Waals surface area contributed by atoms with Crippen molar-refractivity contribution in [2.75, 3.05) is 26.7 Å². The van der Waals surface area contributed by atoms with E-state index in [1.807, 2.05) is 39.6 Å². The van der Waals surface area contributed by atoms with E-state index in [-0.39, 0.29) is 6.42 Å². The molecule has 1 N–H and O–H groups in total. The summed E-state index contributed by atoms with van der Waals surface area (Å²) in [6.45, 7) is 15.0. The van der Waals surface area contributed by atoms with E-state index in [1.54, 1.807) is 0 Å². The number of hydrogen-bond acceptors (Lipinski definition) is 3. The lowest BCUT2D eigenvalue weighted by atomic mass is 9.85. The molecule has 0 amide bonds. The second-order valence-corrected chi connectivity index (χ2v) is 8.69. The van der Waals surface area contributed by atoms with Crippen LogP contribution >= 0.6 is 0 Å². The largest absolute Gasteiger partial charge is 0.377 e. The maximum Gasteiger partial charge on any atom is 0.246 e. The van der Waals surface area contributed by atoms with Gasteiger partial charge >= 0.3 is 0 Å². The second kappa shape index (κ2) is 16.8. The van der Waals surface area contributed by atoms with Crippen molar-refractivity contribution >= 4 is 5.78 Å². The Kier molecular flexibility index (Phi) is 15.9. The van der Waals surface area contributed by atoms with E-state index in [4.69, 9.17) is 0 Å². The van der Waals surface area contributed by atoms with Crippen molar-refractivity contribution in [3.63, 3.8) is 0 Å². The monoisotopic (exact) mass is 466 g/mol. The van der Waals surface area contributed by atoms with Crippen LogP contribution in [0.3, 0.4) is 0 Å². The van der Waals surface area contributed by atoms with Gasteiger partial charge in [-0.2, -0.15) is 0 Å². The van der Waals surface area contributed by atoms with E-state index < -0.39 is 5.92 Å². The maximum atomic E-state index is 12.2. The Labute approximate surface area is 202 Å². The van der Waals surface area contributed by atoms with Gasteiger partial charge in [-0.1, -0.05) is 45.4 Å². The molecule has 0 bridgehead atoms. The molecular formula is C28H48F2N2O. The number of carbonyl (C=O) groups is 1. The van der Waals surface area contributed by atoms with Crippen molar-refractivity contribution in [1.82, 2.24) is 10.2 Å². The number of Topliss-reactive ketones (excluding diaryl/α,β-unsaturated/α-hetero) is 1. The Hall–Kier alpha value is -1.75. The number of rotatable bonds is 5. The fraction of sp³-hybridized carbons (Fsp3) is 0.679.